The van der Waals surface area contributed by atoms with Gasteiger partial charge in [-0.2, -0.15) is 5.26 Å². The van der Waals surface area contributed by atoms with Gasteiger partial charge in [-0.05, 0) is 35.9 Å². The maximum atomic E-state index is 12.1. The van der Waals surface area contributed by atoms with Crippen molar-refractivity contribution >= 4 is 10.0 Å². The zero-order chi connectivity index (χ0) is 14.6. The molecule has 0 aliphatic carbocycles. The van der Waals surface area contributed by atoms with Crippen LogP contribution in [0.2, 0.25) is 0 Å². The first kappa shape index (κ1) is 14.1. The number of benzene rings is 2. The molecule has 0 saturated heterocycles. The van der Waals surface area contributed by atoms with Crippen molar-refractivity contribution in [3.63, 3.8) is 0 Å². The van der Waals surface area contributed by atoms with Crippen LogP contribution in [0.25, 0.3) is 0 Å². The number of nitrogens with one attached hydrogen (secondary N) is 1. The fourth-order valence-electron chi connectivity index (χ4n) is 1.61. The Morgan fingerprint density at radius 1 is 1.15 bits per heavy atom. The number of aromatic hydroxyl groups is 1. The number of rotatable bonds is 4. The Morgan fingerprint density at radius 3 is 2.50 bits per heavy atom. The van der Waals surface area contributed by atoms with Crippen LogP contribution in [-0.2, 0) is 16.6 Å². The molecule has 102 valence electrons. The minimum absolute atomic E-state index is 0.0512. The second-order valence-electron chi connectivity index (χ2n) is 4.13. The van der Waals surface area contributed by atoms with Crippen LogP contribution in [0.15, 0.2) is 53.4 Å². The predicted molar refractivity (Wildman–Crippen MR) is 73.3 cm³/mol. The van der Waals surface area contributed by atoms with Crippen molar-refractivity contribution in [2.45, 2.75) is 11.4 Å². The summed E-state index contributed by atoms with van der Waals surface area (Å²) in [7, 11) is -3.66. The van der Waals surface area contributed by atoms with Crippen LogP contribution < -0.4 is 4.72 Å². The summed E-state index contributed by atoms with van der Waals surface area (Å²) in [5, 5.41) is 17.9. The zero-order valence-electron chi connectivity index (χ0n) is 10.4. The van der Waals surface area contributed by atoms with Gasteiger partial charge in [-0.3, -0.25) is 0 Å². The van der Waals surface area contributed by atoms with E-state index in [4.69, 9.17) is 10.4 Å². The highest BCUT2D eigenvalue weighted by atomic mass is 32.2. The summed E-state index contributed by atoms with van der Waals surface area (Å²) in [5.74, 6) is 0.123. The molecule has 0 saturated carbocycles. The van der Waals surface area contributed by atoms with E-state index in [1.807, 2.05) is 6.07 Å². The van der Waals surface area contributed by atoms with Gasteiger partial charge in [-0.15, -0.1) is 0 Å². The van der Waals surface area contributed by atoms with E-state index in [1.165, 1.54) is 30.3 Å². The fourth-order valence-corrected chi connectivity index (χ4v) is 2.67. The van der Waals surface area contributed by atoms with E-state index >= 15 is 0 Å². The third-order valence-corrected chi connectivity index (χ3v) is 4.08. The van der Waals surface area contributed by atoms with Crippen LogP contribution in [0.3, 0.4) is 0 Å². The fraction of sp³-hybridized carbons (Fsp3) is 0.0714. The molecular weight excluding hydrogens is 276 g/mol. The number of phenols is 1. The van der Waals surface area contributed by atoms with E-state index in [0.717, 1.165) is 5.56 Å². The quantitative estimate of drug-likeness (QED) is 0.896. The van der Waals surface area contributed by atoms with Gasteiger partial charge < -0.3 is 5.11 Å². The Labute approximate surface area is 117 Å². The summed E-state index contributed by atoms with van der Waals surface area (Å²) in [5.41, 5.74) is 1.01. The highest BCUT2D eigenvalue weighted by Gasteiger charge is 2.13. The van der Waals surface area contributed by atoms with Crippen molar-refractivity contribution in [1.82, 2.24) is 4.72 Å². The van der Waals surface area contributed by atoms with Crippen molar-refractivity contribution in [2.75, 3.05) is 0 Å². The highest BCUT2D eigenvalue weighted by Crippen LogP contribution is 2.13. The van der Waals surface area contributed by atoms with Crippen LogP contribution in [0, 0.1) is 11.3 Å². The number of nitrogens with zero attached hydrogens (tertiary/aromatic N) is 1. The van der Waals surface area contributed by atoms with Crippen molar-refractivity contribution in [1.29, 1.82) is 5.26 Å². The Kier molecular flexibility index (Phi) is 4.03. The molecule has 0 fully saturated rings. The molecule has 2 aromatic carbocycles. The topological polar surface area (TPSA) is 90.2 Å². The van der Waals surface area contributed by atoms with E-state index in [-0.39, 0.29) is 22.8 Å². The third kappa shape index (κ3) is 3.35. The Balaban J connectivity index is 2.15. The zero-order valence-corrected chi connectivity index (χ0v) is 11.3. The molecule has 20 heavy (non-hydrogen) atoms. The molecule has 0 amide bonds. The van der Waals surface area contributed by atoms with Gasteiger partial charge >= 0.3 is 0 Å². The molecule has 2 aromatic rings. The van der Waals surface area contributed by atoms with E-state index in [1.54, 1.807) is 18.2 Å². The number of hydrogen-bond donors (Lipinski definition) is 2. The Morgan fingerprint density at radius 2 is 1.85 bits per heavy atom. The smallest absolute Gasteiger partial charge is 0.240 e. The lowest BCUT2D eigenvalue weighted by Gasteiger charge is -2.07. The van der Waals surface area contributed by atoms with Crippen LogP contribution in [0.4, 0.5) is 0 Å². The maximum Gasteiger partial charge on any atom is 0.240 e. The summed E-state index contributed by atoms with van der Waals surface area (Å²) < 4.78 is 26.6. The summed E-state index contributed by atoms with van der Waals surface area (Å²) in [6.45, 7) is 0.111. The van der Waals surface area contributed by atoms with Gasteiger partial charge in [0.25, 0.3) is 0 Å². The predicted octanol–water partition coefficient (Wildman–Crippen LogP) is 1.74. The van der Waals surface area contributed by atoms with Gasteiger partial charge in [-0.1, -0.05) is 18.2 Å². The first-order valence-electron chi connectivity index (χ1n) is 5.79. The lowest BCUT2D eigenvalue weighted by Crippen LogP contribution is -2.23. The SMILES string of the molecule is N#Cc1cccc(S(=O)(=O)NCc2ccc(O)cc2)c1. The lowest BCUT2D eigenvalue weighted by molar-refractivity contribution is 0.475. The monoisotopic (exact) mass is 288 g/mol. The Hall–Kier alpha value is -2.36. The molecule has 5 nitrogen and oxygen atoms in total. The van der Waals surface area contributed by atoms with E-state index in [2.05, 4.69) is 4.72 Å². The van der Waals surface area contributed by atoms with Crippen LogP contribution >= 0.6 is 0 Å². The molecular formula is C14H12N2O3S. The Bertz CT molecular complexity index is 747. The third-order valence-electron chi connectivity index (χ3n) is 2.68. The minimum Gasteiger partial charge on any atom is -0.508 e. The number of hydrogen-bond acceptors (Lipinski definition) is 4. The van der Waals surface area contributed by atoms with Crippen molar-refractivity contribution in [3.05, 3.63) is 59.7 Å². The molecule has 0 radical (unpaired) electrons. The van der Waals surface area contributed by atoms with E-state index in [9.17, 15) is 8.42 Å². The number of sulfonamides is 1. The van der Waals surface area contributed by atoms with Crippen molar-refractivity contribution in [3.8, 4) is 11.8 Å². The van der Waals surface area contributed by atoms with E-state index in [0.29, 0.717) is 0 Å². The molecule has 0 aromatic heterocycles. The largest absolute Gasteiger partial charge is 0.508 e. The standard InChI is InChI=1S/C14H12N2O3S/c15-9-12-2-1-3-14(8-12)20(18,19)16-10-11-4-6-13(17)7-5-11/h1-8,16-17H,10H2. The summed E-state index contributed by atoms with van der Waals surface area (Å²) in [4.78, 5) is 0.0512. The number of phenolic OH excluding ortho intramolecular Hbond substituents is 1. The first-order chi connectivity index (χ1) is 9.51. The summed E-state index contributed by atoms with van der Waals surface area (Å²) in [6, 6.07) is 13.9. The summed E-state index contributed by atoms with van der Waals surface area (Å²) >= 11 is 0. The maximum absolute atomic E-state index is 12.1. The average molecular weight is 288 g/mol. The van der Waals surface area contributed by atoms with Crippen molar-refractivity contribution in [2.24, 2.45) is 0 Å². The van der Waals surface area contributed by atoms with Gasteiger partial charge in [0, 0.05) is 6.54 Å². The summed E-state index contributed by atoms with van der Waals surface area (Å²) in [6.07, 6.45) is 0. The molecule has 0 atom stereocenters. The van der Waals surface area contributed by atoms with E-state index < -0.39 is 10.0 Å². The van der Waals surface area contributed by atoms with Crippen LogP contribution in [-0.4, -0.2) is 13.5 Å². The first-order valence-corrected chi connectivity index (χ1v) is 7.27. The normalized spacial score (nSPS) is 10.9. The van der Waals surface area contributed by atoms with Gasteiger partial charge in [0.05, 0.1) is 16.5 Å². The van der Waals surface area contributed by atoms with Gasteiger partial charge in [-0.25, -0.2) is 13.1 Å². The van der Waals surface area contributed by atoms with Crippen molar-refractivity contribution < 1.29 is 13.5 Å². The average Bonchev–Trinajstić information content (AvgIpc) is 2.47. The molecule has 0 aliphatic rings. The number of nitriles is 1. The molecule has 2 N–H and O–H groups in total. The molecule has 0 heterocycles. The molecule has 0 unspecified atom stereocenters. The van der Waals surface area contributed by atoms with Crippen LogP contribution in [0.5, 0.6) is 5.75 Å². The second kappa shape index (κ2) is 5.74. The van der Waals surface area contributed by atoms with Gasteiger partial charge in [0.2, 0.25) is 10.0 Å². The van der Waals surface area contributed by atoms with Gasteiger partial charge in [0.15, 0.2) is 0 Å². The molecule has 0 aliphatic heterocycles. The highest BCUT2D eigenvalue weighted by molar-refractivity contribution is 7.89. The second-order valence-corrected chi connectivity index (χ2v) is 5.90. The van der Waals surface area contributed by atoms with Crippen LogP contribution in [0.1, 0.15) is 11.1 Å². The molecule has 2 rings (SSSR count). The van der Waals surface area contributed by atoms with Gasteiger partial charge in [0.1, 0.15) is 5.75 Å². The molecule has 0 spiro atoms. The minimum atomic E-state index is -3.66. The molecule has 6 heteroatoms. The lowest BCUT2D eigenvalue weighted by atomic mass is 10.2. The molecule has 0 bridgehead atoms.